The van der Waals surface area contributed by atoms with Crippen LogP contribution >= 0.6 is 11.6 Å². The fourth-order valence-corrected chi connectivity index (χ4v) is 5.20. The molecule has 3 aliphatic heterocycles. The van der Waals surface area contributed by atoms with Gasteiger partial charge >= 0.3 is 0 Å². The fourth-order valence-electron chi connectivity index (χ4n) is 4.91. The van der Waals surface area contributed by atoms with Gasteiger partial charge in [0, 0.05) is 38.6 Å². The van der Waals surface area contributed by atoms with E-state index < -0.39 is 17.8 Å². The Morgan fingerprint density at radius 2 is 2.11 bits per heavy atom. The van der Waals surface area contributed by atoms with Crippen LogP contribution in [-0.4, -0.2) is 95.6 Å². The molecule has 190 valence electrons. The second-order valence-electron chi connectivity index (χ2n) is 9.27. The number of amides is 2. The van der Waals surface area contributed by atoms with Crippen molar-refractivity contribution in [1.29, 1.82) is 0 Å². The zero-order chi connectivity index (χ0) is 25.6. The highest BCUT2D eigenvalue weighted by atomic mass is 35.5. The summed E-state index contributed by atoms with van der Waals surface area (Å²) < 4.78 is 26.9. The molecular weight excluding hydrogens is 491 g/mol. The molecule has 0 aliphatic carbocycles. The summed E-state index contributed by atoms with van der Waals surface area (Å²) in [6.45, 7) is 6.45. The molecule has 4 heterocycles. The van der Waals surface area contributed by atoms with E-state index in [0.29, 0.717) is 13.2 Å². The minimum atomic E-state index is -0.730. The first-order valence-corrected chi connectivity index (χ1v) is 12.0. The number of phenols is 1. The minimum absolute atomic E-state index is 0.0195. The van der Waals surface area contributed by atoms with Gasteiger partial charge in [-0.15, -0.1) is 0 Å². The minimum Gasteiger partial charge on any atom is -0.507 e. The Labute approximate surface area is 212 Å². The Hall–Kier alpha value is -3.37. The van der Waals surface area contributed by atoms with E-state index in [1.807, 2.05) is 7.05 Å². The van der Waals surface area contributed by atoms with Crippen LogP contribution in [0.1, 0.15) is 10.4 Å². The number of nitrogens with zero attached hydrogens (tertiary/aromatic N) is 4. The number of piperazine rings is 1. The number of carbonyl (C=O) groups is 2. The standard InChI is InChI=1S/C25H26ClFN4O5/c1-3-18(33)30-7-8-31-15(11-30)13-35-23-20(25(31)34)24(36-12-14-9-29(2)10-14)28-22(21(23)26)19-16(27)5-4-6-17(19)32/h3-6,14-15,32H,1,7-13H2,2H3/t15-/m1/s1. The van der Waals surface area contributed by atoms with E-state index in [9.17, 15) is 19.1 Å². The van der Waals surface area contributed by atoms with Gasteiger partial charge in [-0.1, -0.05) is 24.2 Å². The Bertz CT molecular complexity index is 1220. The summed E-state index contributed by atoms with van der Waals surface area (Å²) in [4.78, 5) is 35.7. The predicted octanol–water partition coefficient (Wildman–Crippen LogP) is 2.42. The molecule has 0 saturated carbocycles. The van der Waals surface area contributed by atoms with E-state index in [-0.39, 0.29) is 70.7 Å². The van der Waals surface area contributed by atoms with Gasteiger partial charge in [0.25, 0.3) is 5.91 Å². The topological polar surface area (TPSA) is 95.4 Å². The lowest BCUT2D eigenvalue weighted by Crippen LogP contribution is -2.57. The van der Waals surface area contributed by atoms with Crippen molar-refractivity contribution in [2.75, 3.05) is 53.0 Å². The summed E-state index contributed by atoms with van der Waals surface area (Å²) >= 11 is 6.66. The number of aromatic hydroxyl groups is 1. The molecule has 3 aliphatic rings. The normalized spacial score (nSPS) is 20.1. The van der Waals surface area contributed by atoms with E-state index >= 15 is 0 Å². The first-order chi connectivity index (χ1) is 17.3. The number of aromatic nitrogens is 1. The molecule has 2 fully saturated rings. The molecule has 9 nitrogen and oxygen atoms in total. The zero-order valence-corrected chi connectivity index (χ0v) is 20.5. The first kappa shape index (κ1) is 24.3. The number of hydrogen-bond donors (Lipinski definition) is 1. The third kappa shape index (κ3) is 4.24. The summed E-state index contributed by atoms with van der Waals surface area (Å²) in [5.41, 5.74) is -0.236. The molecule has 36 heavy (non-hydrogen) atoms. The van der Waals surface area contributed by atoms with Crippen LogP contribution < -0.4 is 9.47 Å². The van der Waals surface area contributed by atoms with Gasteiger partial charge in [0.15, 0.2) is 5.75 Å². The van der Waals surface area contributed by atoms with Crippen LogP contribution in [-0.2, 0) is 4.79 Å². The van der Waals surface area contributed by atoms with Gasteiger partial charge in [-0.05, 0) is 25.3 Å². The number of ether oxygens (including phenoxy) is 2. The van der Waals surface area contributed by atoms with Crippen molar-refractivity contribution in [3.63, 3.8) is 0 Å². The number of hydrogen-bond acceptors (Lipinski definition) is 7. The maximum Gasteiger partial charge on any atom is 0.263 e. The molecule has 0 unspecified atom stereocenters. The molecule has 0 bridgehead atoms. The molecule has 2 amide bonds. The zero-order valence-electron chi connectivity index (χ0n) is 19.7. The number of fused-ring (bicyclic) bond motifs is 2. The number of phenolic OH excluding ortho intramolecular Hbond substituents is 1. The van der Waals surface area contributed by atoms with Crippen molar-refractivity contribution < 1.29 is 28.6 Å². The number of benzene rings is 1. The highest BCUT2D eigenvalue weighted by molar-refractivity contribution is 6.35. The van der Waals surface area contributed by atoms with E-state index in [0.717, 1.165) is 13.1 Å². The lowest BCUT2D eigenvalue weighted by molar-refractivity contribution is -0.128. The maximum absolute atomic E-state index is 14.8. The molecule has 1 aromatic heterocycles. The van der Waals surface area contributed by atoms with Crippen molar-refractivity contribution in [2.45, 2.75) is 6.04 Å². The number of halogens is 2. The van der Waals surface area contributed by atoms with Gasteiger partial charge in [0.05, 0.1) is 18.2 Å². The van der Waals surface area contributed by atoms with Crippen LogP contribution in [0.4, 0.5) is 4.39 Å². The van der Waals surface area contributed by atoms with E-state index in [4.69, 9.17) is 21.1 Å². The van der Waals surface area contributed by atoms with Gasteiger partial charge in [0.1, 0.15) is 34.5 Å². The summed E-state index contributed by atoms with van der Waals surface area (Å²) in [6.07, 6.45) is 1.24. The molecule has 1 aromatic carbocycles. The van der Waals surface area contributed by atoms with Gasteiger partial charge in [0.2, 0.25) is 11.8 Å². The molecule has 0 spiro atoms. The molecule has 2 saturated heterocycles. The second-order valence-corrected chi connectivity index (χ2v) is 9.65. The summed E-state index contributed by atoms with van der Waals surface area (Å²) in [5.74, 6) is -1.47. The second kappa shape index (κ2) is 9.59. The van der Waals surface area contributed by atoms with Gasteiger partial charge in [-0.25, -0.2) is 9.37 Å². The van der Waals surface area contributed by atoms with Crippen LogP contribution in [0.2, 0.25) is 5.02 Å². The van der Waals surface area contributed by atoms with Crippen LogP contribution in [0.15, 0.2) is 30.9 Å². The molecule has 1 N–H and O–H groups in total. The fraction of sp³-hybridized carbons (Fsp3) is 0.400. The highest BCUT2D eigenvalue weighted by Crippen LogP contribution is 2.45. The van der Waals surface area contributed by atoms with Crippen molar-refractivity contribution in [2.24, 2.45) is 5.92 Å². The molecule has 0 radical (unpaired) electrons. The van der Waals surface area contributed by atoms with Crippen molar-refractivity contribution in [3.8, 4) is 28.6 Å². The SMILES string of the molecule is C=CC(=O)N1CCN2C(=O)c3c(OCC4CN(C)C4)nc(-c4c(O)cccc4F)c(Cl)c3OC[C@H]2C1. The summed E-state index contributed by atoms with van der Waals surface area (Å²) in [7, 11) is 2.00. The average Bonchev–Trinajstić information content (AvgIpc) is 2.99. The van der Waals surface area contributed by atoms with Crippen LogP contribution in [0.25, 0.3) is 11.3 Å². The van der Waals surface area contributed by atoms with E-state index in [1.165, 1.54) is 24.3 Å². The first-order valence-electron chi connectivity index (χ1n) is 11.7. The van der Waals surface area contributed by atoms with Crippen molar-refractivity contribution in [3.05, 3.63) is 47.3 Å². The number of carbonyl (C=O) groups excluding carboxylic acids is 2. The highest BCUT2D eigenvalue weighted by Gasteiger charge is 2.40. The average molecular weight is 517 g/mol. The Morgan fingerprint density at radius 3 is 2.81 bits per heavy atom. The van der Waals surface area contributed by atoms with Crippen molar-refractivity contribution in [1.82, 2.24) is 19.7 Å². The molecular formula is C25H26ClFN4O5. The summed E-state index contributed by atoms with van der Waals surface area (Å²) in [6, 6.07) is 3.44. The molecule has 2 aromatic rings. The Kier molecular flexibility index (Phi) is 6.48. The third-order valence-electron chi connectivity index (χ3n) is 6.75. The van der Waals surface area contributed by atoms with Crippen LogP contribution in [0.3, 0.4) is 0 Å². The largest absolute Gasteiger partial charge is 0.507 e. The number of pyridine rings is 1. The van der Waals surface area contributed by atoms with Gasteiger partial charge in [-0.2, -0.15) is 0 Å². The summed E-state index contributed by atoms with van der Waals surface area (Å²) in [5, 5.41) is 10.3. The molecule has 1 atom stereocenters. The Balaban J connectivity index is 1.57. The third-order valence-corrected chi connectivity index (χ3v) is 7.10. The predicted molar refractivity (Wildman–Crippen MR) is 130 cm³/mol. The molecule has 11 heteroatoms. The van der Waals surface area contributed by atoms with Crippen LogP contribution in [0.5, 0.6) is 17.4 Å². The quantitative estimate of drug-likeness (QED) is 0.610. The number of likely N-dealkylation sites (tertiary alicyclic amines) is 1. The monoisotopic (exact) mass is 516 g/mol. The molecule has 5 rings (SSSR count). The van der Waals surface area contributed by atoms with E-state index in [1.54, 1.807) is 9.80 Å². The van der Waals surface area contributed by atoms with E-state index in [2.05, 4.69) is 16.5 Å². The number of rotatable bonds is 5. The lowest BCUT2D eigenvalue weighted by Gasteiger charge is -2.39. The lowest BCUT2D eigenvalue weighted by atomic mass is 10.0. The van der Waals surface area contributed by atoms with Gasteiger partial charge in [-0.3, -0.25) is 9.59 Å². The smallest absolute Gasteiger partial charge is 0.263 e. The van der Waals surface area contributed by atoms with Crippen LogP contribution in [0, 0.1) is 11.7 Å². The maximum atomic E-state index is 14.8. The van der Waals surface area contributed by atoms with Crippen molar-refractivity contribution >= 4 is 23.4 Å². The Morgan fingerprint density at radius 1 is 1.33 bits per heavy atom. The van der Waals surface area contributed by atoms with Gasteiger partial charge < -0.3 is 29.3 Å².